The first-order chi connectivity index (χ1) is 12.1. The van der Waals surface area contributed by atoms with Crippen molar-refractivity contribution in [1.82, 2.24) is 20.5 Å². The number of hydrogen-bond donors (Lipinski definition) is 2. The van der Waals surface area contributed by atoms with Crippen molar-refractivity contribution >= 4 is 11.9 Å². The van der Waals surface area contributed by atoms with Crippen LogP contribution in [0.25, 0.3) is 0 Å². The molecule has 2 N–H and O–H groups in total. The smallest absolute Gasteiger partial charge is 0.318 e. The maximum atomic E-state index is 12.3. The average Bonchev–Trinajstić information content (AvgIpc) is 2.66. The third-order valence-electron chi connectivity index (χ3n) is 4.40. The predicted octanol–water partition coefficient (Wildman–Crippen LogP) is 2.03. The fourth-order valence-electron chi connectivity index (χ4n) is 2.96. The van der Waals surface area contributed by atoms with E-state index in [1.54, 1.807) is 17.3 Å². The van der Waals surface area contributed by atoms with E-state index >= 15 is 0 Å². The first kappa shape index (κ1) is 17.0. The number of aromatic nitrogens is 1. The van der Waals surface area contributed by atoms with Gasteiger partial charge in [0, 0.05) is 25.5 Å². The van der Waals surface area contributed by atoms with Crippen LogP contribution in [0.5, 0.6) is 0 Å². The quantitative estimate of drug-likeness (QED) is 0.896. The van der Waals surface area contributed by atoms with Crippen LogP contribution in [0.15, 0.2) is 48.8 Å². The van der Waals surface area contributed by atoms with Gasteiger partial charge in [-0.05, 0) is 42.2 Å². The van der Waals surface area contributed by atoms with E-state index < -0.39 is 0 Å². The van der Waals surface area contributed by atoms with Crippen molar-refractivity contribution in [3.8, 4) is 0 Å². The number of carbonyl (C=O) groups excluding carboxylic acids is 2. The van der Waals surface area contributed by atoms with Crippen LogP contribution in [0.4, 0.5) is 4.79 Å². The predicted molar refractivity (Wildman–Crippen MR) is 94.7 cm³/mol. The first-order valence-corrected chi connectivity index (χ1v) is 8.42. The van der Waals surface area contributed by atoms with Crippen LogP contribution in [0.2, 0.25) is 0 Å². The standard InChI is InChI=1S/C19H22N4O2/c1-14(15-6-9-20-10-7-15)22-18(24)12-21-19(25)23-11-8-16-4-2-3-5-17(16)13-23/h2-7,9-10,14H,8,11-13H2,1H3,(H,21,25)(H,22,24)/t14-/m1/s1. The van der Waals surface area contributed by atoms with Crippen LogP contribution in [-0.4, -0.2) is 34.9 Å². The second-order valence-electron chi connectivity index (χ2n) is 6.17. The van der Waals surface area contributed by atoms with E-state index in [1.165, 1.54) is 11.1 Å². The number of urea groups is 1. The number of amides is 3. The maximum absolute atomic E-state index is 12.3. The van der Waals surface area contributed by atoms with Crippen molar-refractivity contribution in [3.05, 3.63) is 65.5 Å². The molecule has 0 saturated heterocycles. The van der Waals surface area contributed by atoms with E-state index in [1.807, 2.05) is 37.3 Å². The number of hydrogen-bond acceptors (Lipinski definition) is 3. The molecule has 6 heteroatoms. The Morgan fingerprint density at radius 3 is 2.64 bits per heavy atom. The van der Waals surface area contributed by atoms with Gasteiger partial charge in [0.25, 0.3) is 0 Å². The summed E-state index contributed by atoms with van der Waals surface area (Å²) >= 11 is 0. The monoisotopic (exact) mass is 338 g/mol. The summed E-state index contributed by atoms with van der Waals surface area (Å²) in [6.07, 6.45) is 4.22. The molecule has 0 saturated carbocycles. The second kappa shape index (κ2) is 7.79. The summed E-state index contributed by atoms with van der Waals surface area (Å²) in [6.45, 7) is 3.11. The van der Waals surface area contributed by atoms with Gasteiger partial charge in [0.2, 0.25) is 5.91 Å². The Morgan fingerprint density at radius 1 is 1.16 bits per heavy atom. The van der Waals surface area contributed by atoms with E-state index in [4.69, 9.17) is 0 Å². The molecule has 6 nitrogen and oxygen atoms in total. The van der Waals surface area contributed by atoms with Gasteiger partial charge in [0.05, 0.1) is 12.6 Å². The third-order valence-corrected chi connectivity index (χ3v) is 4.40. The van der Waals surface area contributed by atoms with Gasteiger partial charge >= 0.3 is 6.03 Å². The molecule has 0 radical (unpaired) electrons. The maximum Gasteiger partial charge on any atom is 0.318 e. The molecule has 25 heavy (non-hydrogen) atoms. The van der Waals surface area contributed by atoms with Gasteiger partial charge in [-0.2, -0.15) is 0 Å². The summed E-state index contributed by atoms with van der Waals surface area (Å²) in [7, 11) is 0. The highest BCUT2D eigenvalue weighted by Gasteiger charge is 2.20. The normalized spacial score (nSPS) is 14.4. The highest BCUT2D eigenvalue weighted by Crippen LogP contribution is 2.18. The molecule has 0 bridgehead atoms. The molecule has 1 aromatic heterocycles. The van der Waals surface area contributed by atoms with E-state index in [0.717, 1.165) is 12.0 Å². The van der Waals surface area contributed by atoms with Crippen molar-refractivity contribution in [2.45, 2.75) is 25.9 Å². The number of nitrogens with one attached hydrogen (secondary N) is 2. The minimum absolute atomic E-state index is 0.0353. The molecular weight excluding hydrogens is 316 g/mol. The van der Waals surface area contributed by atoms with Gasteiger partial charge in [-0.3, -0.25) is 9.78 Å². The molecule has 2 aromatic rings. The topological polar surface area (TPSA) is 74.3 Å². The van der Waals surface area contributed by atoms with Crippen LogP contribution < -0.4 is 10.6 Å². The molecule has 3 amide bonds. The van der Waals surface area contributed by atoms with E-state index in [9.17, 15) is 9.59 Å². The Hall–Kier alpha value is -2.89. The fourth-order valence-corrected chi connectivity index (χ4v) is 2.96. The molecule has 1 atom stereocenters. The van der Waals surface area contributed by atoms with E-state index in [2.05, 4.69) is 21.7 Å². The van der Waals surface area contributed by atoms with Crippen molar-refractivity contribution in [3.63, 3.8) is 0 Å². The summed E-state index contributed by atoms with van der Waals surface area (Å²) in [5.41, 5.74) is 3.43. The van der Waals surface area contributed by atoms with Crippen LogP contribution >= 0.6 is 0 Å². The van der Waals surface area contributed by atoms with Crippen LogP contribution in [0.3, 0.4) is 0 Å². The summed E-state index contributed by atoms with van der Waals surface area (Å²) in [6, 6.07) is 11.5. The SMILES string of the molecule is C[C@@H](NC(=O)CNC(=O)N1CCc2ccccc2C1)c1ccncc1. The van der Waals surface area contributed by atoms with Crippen LogP contribution in [0.1, 0.15) is 29.7 Å². The number of pyridine rings is 1. The molecule has 2 heterocycles. The van der Waals surface area contributed by atoms with E-state index in [0.29, 0.717) is 13.1 Å². The lowest BCUT2D eigenvalue weighted by molar-refractivity contribution is -0.120. The molecule has 1 aromatic carbocycles. The largest absolute Gasteiger partial charge is 0.348 e. The molecule has 130 valence electrons. The Kier molecular flexibility index (Phi) is 5.28. The highest BCUT2D eigenvalue weighted by atomic mass is 16.2. The molecule has 1 aliphatic heterocycles. The minimum Gasteiger partial charge on any atom is -0.348 e. The molecular formula is C19H22N4O2. The summed E-state index contributed by atoms with van der Waals surface area (Å²) in [5.74, 6) is -0.213. The first-order valence-electron chi connectivity index (χ1n) is 8.42. The summed E-state index contributed by atoms with van der Waals surface area (Å²) in [5, 5.41) is 5.57. The lowest BCUT2D eigenvalue weighted by Crippen LogP contribution is -2.46. The zero-order valence-electron chi connectivity index (χ0n) is 14.2. The van der Waals surface area contributed by atoms with Crippen molar-refractivity contribution in [2.24, 2.45) is 0 Å². The van der Waals surface area contributed by atoms with Crippen molar-refractivity contribution in [2.75, 3.05) is 13.1 Å². The fraction of sp³-hybridized carbons (Fsp3) is 0.316. The van der Waals surface area contributed by atoms with Crippen molar-refractivity contribution in [1.29, 1.82) is 0 Å². The Labute approximate surface area is 147 Å². The number of fused-ring (bicyclic) bond motifs is 1. The Balaban J connectivity index is 1.47. The van der Waals surface area contributed by atoms with Gasteiger partial charge < -0.3 is 15.5 Å². The van der Waals surface area contributed by atoms with Gasteiger partial charge in [-0.1, -0.05) is 24.3 Å². The molecule has 3 rings (SSSR count). The third kappa shape index (κ3) is 4.35. The molecule has 0 aliphatic carbocycles. The highest BCUT2D eigenvalue weighted by molar-refractivity contribution is 5.84. The van der Waals surface area contributed by atoms with Gasteiger partial charge in [0.1, 0.15) is 0 Å². The van der Waals surface area contributed by atoms with Crippen LogP contribution in [-0.2, 0) is 17.8 Å². The number of rotatable bonds is 4. The Morgan fingerprint density at radius 2 is 1.88 bits per heavy atom. The number of benzene rings is 1. The molecule has 0 unspecified atom stereocenters. The zero-order valence-corrected chi connectivity index (χ0v) is 14.2. The Bertz CT molecular complexity index is 748. The zero-order chi connectivity index (χ0) is 17.6. The second-order valence-corrected chi connectivity index (χ2v) is 6.17. The molecule has 0 spiro atoms. The minimum atomic E-state index is -0.213. The van der Waals surface area contributed by atoms with Crippen LogP contribution in [0, 0.1) is 0 Å². The number of carbonyl (C=O) groups is 2. The lowest BCUT2D eigenvalue weighted by Gasteiger charge is -2.29. The van der Waals surface area contributed by atoms with Gasteiger partial charge in [-0.25, -0.2) is 4.79 Å². The average molecular weight is 338 g/mol. The summed E-state index contributed by atoms with van der Waals surface area (Å²) < 4.78 is 0. The van der Waals surface area contributed by atoms with Gasteiger partial charge in [-0.15, -0.1) is 0 Å². The van der Waals surface area contributed by atoms with Gasteiger partial charge in [0.15, 0.2) is 0 Å². The lowest BCUT2D eigenvalue weighted by atomic mass is 10.0. The van der Waals surface area contributed by atoms with Crippen molar-refractivity contribution < 1.29 is 9.59 Å². The number of nitrogens with zero attached hydrogens (tertiary/aromatic N) is 2. The van der Waals surface area contributed by atoms with E-state index in [-0.39, 0.29) is 24.5 Å². The summed E-state index contributed by atoms with van der Waals surface area (Å²) in [4.78, 5) is 30.0. The molecule has 1 aliphatic rings. The molecule has 0 fully saturated rings.